The average molecular weight is 260 g/mol. The molecule has 1 saturated heterocycles. The van der Waals surface area contributed by atoms with E-state index in [-0.39, 0.29) is 18.5 Å². The Labute approximate surface area is 111 Å². The zero-order valence-corrected chi connectivity index (χ0v) is 10.8. The SMILES string of the molecule is CC1(O)CCN(CN2C(=O)c3ccccc3C2=O)C1. The highest BCUT2D eigenvalue weighted by atomic mass is 16.3. The normalized spacial score (nSPS) is 27.2. The van der Waals surface area contributed by atoms with E-state index in [1.807, 2.05) is 4.90 Å². The smallest absolute Gasteiger partial charge is 0.262 e. The van der Waals surface area contributed by atoms with Crippen molar-refractivity contribution in [2.45, 2.75) is 18.9 Å². The lowest BCUT2D eigenvalue weighted by molar-refractivity contribution is 0.0451. The van der Waals surface area contributed by atoms with Crippen LogP contribution in [-0.4, -0.2) is 52.1 Å². The molecule has 0 radical (unpaired) electrons. The molecule has 100 valence electrons. The third-order valence-electron chi connectivity index (χ3n) is 3.75. The number of β-amino-alcohol motifs (C(OH)–C–C–N with tert-alkyl or cyclic N) is 1. The zero-order valence-electron chi connectivity index (χ0n) is 10.8. The fraction of sp³-hybridized carbons (Fsp3) is 0.429. The number of benzene rings is 1. The molecular weight excluding hydrogens is 244 g/mol. The van der Waals surface area contributed by atoms with Gasteiger partial charge in [-0.05, 0) is 25.5 Å². The van der Waals surface area contributed by atoms with Crippen LogP contribution in [0.5, 0.6) is 0 Å². The van der Waals surface area contributed by atoms with Crippen LogP contribution in [0.1, 0.15) is 34.1 Å². The first-order valence-electron chi connectivity index (χ1n) is 6.38. The molecule has 1 unspecified atom stereocenters. The number of imide groups is 1. The highest BCUT2D eigenvalue weighted by molar-refractivity contribution is 6.21. The van der Waals surface area contributed by atoms with Crippen LogP contribution in [0.2, 0.25) is 0 Å². The van der Waals surface area contributed by atoms with Crippen molar-refractivity contribution in [3.8, 4) is 0 Å². The standard InChI is InChI=1S/C14H16N2O3/c1-14(19)6-7-15(8-14)9-16-12(17)10-4-2-3-5-11(10)13(16)18/h2-5,19H,6-9H2,1H3. The quantitative estimate of drug-likeness (QED) is 0.795. The van der Waals surface area contributed by atoms with Crippen molar-refractivity contribution in [1.82, 2.24) is 9.80 Å². The molecule has 1 atom stereocenters. The van der Waals surface area contributed by atoms with Crippen molar-refractivity contribution in [3.05, 3.63) is 35.4 Å². The molecular formula is C14H16N2O3. The summed E-state index contributed by atoms with van der Waals surface area (Å²) >= 11 is 0. The van der Waals surface area contributed by atoms with E-state index >= 15 is 0 Å². The van der Waals surface area contributed by atoms with E-state index < -0.39 is 5.60 Å². The minimum atomic E-state index is -0.724. The van der Waals surface area contributed by atoms with Crippen LogP contribution in [0.4, 0.5) is 0 Å². The fourth-order valence-corrected chi connectivity index (χ4v) is 2.73. The number of likely N-dealkylation sites (tertiary alicyclic amines) is 1. The first-order chi connectivity index (χ1) is 8.98. The summed E-state index contributed by atoms with van der Waals surface area (Å²) in [5.41, 5.74) is 0.218. The Hall–Kier alpha value is -1.72. The van der Waals surface area contributed by atoms with Crippen LogP contribution < -0.4 is 0 Å². The number of fused-ring (bicyclic) bond motifs is 1. The second-order valence-electron chi connectivity index (χ2n) is 5.52. The summed E-state index contributed by atoms with van der Waals surface area (Å²) in [6.45, 7) is 3.21. The van der Waals surface area contributed by atoms with Gasteiger partial charge in [-0.3, -0.25) is 19.4 Å². The first-order valence-corrected chi connectivity index (χ1v) is 6.38. The van der Waals surface area contributed by atoms with E-state index in [1.54, 1.807) is 31.2 Å². The molecule has 5 heteroatoms. The van der Waals surface area contributed by atoms with Crippen molar-refractivity contribution < 1.29 is 14.7 Å². The van der Waals surface area contributed by atoms with E-state index in [9.17, 15) is 14.7 Å². The Balaban J connectivity index is 1.78. The third-order valence-corrected chi connectivity index (χ3v) is 3.75. The topological polar surface area (TPSA) is 60.9 Å². The van der Waals surface area contributed by atoms with Gasteiger partial charge in [0.1, 0.15) is 0 Å². The van der Waals surface area contributed by atoms with E-state index in [0.29, 0.717) is 30.6 Å². The molecule has 2 aliphatic heterocycles. The van der Waals surface area contributed by atoms with Gasteiger partial charge in [0, 0.05) is 13.1 Å². The third kappa shape index (κ3) is 2.05. The van der Waals surface area contributed by atoms with E-state index in [4.69, 9.17) is 0 Å². The Morgan fingerprint density at radius 1 is 1.21 bits per heavy atom. The summed E-state index contributed by atoms with van der Waals surface area (Å²) in [6, 6.07) is 6.87. The number of nitrogens with zero attached hydrogens (tertiary/aromatic N) is 2. The molecule has 0 aromatic heterocycles. The van der Waals surface area contributed by atoms with Gasteiger partial charge in [-0.15, -0.1) is 0 Å². The van der Waals surface area contributed by atoms with Gasteiger partial charge in [-0.25, -0.2) is 0 Å². The van der Waals surface area contributed by atoms with Crippen LogP contribution in [0.25, 0.3) is 0 Å². The number of hydrogen-bond acceptors (Lipinski definition) is 4. The Kier molecular flexibility index (Phi) is 2.69. The van der Waals surface area contributed by atoms with Crippen molar-refractivity contribution in [3.63, 3.8) is 0 Å². The van der Waals surface area contributed by atoms with Gasteiger partial charge in [0.05, 0.1) is 23.4 Å². The maximum atomic E-state index is 12.2. The number of rotatable bonds is 2. The van der Waals surface area contributed by atoms with Gasteiger partial charge in [-0.2, -0.15) is 0 Å². The molecule has 2 heterocycles. The van der Waals surface area contributed by atoms with E-state index in [1.165, 1.54) is 4.90 Å². The number of amides is 2. The monoisotopic (exact) mass is 260 g/mol. The fourth-order valence-electron chi connectivity index (χ4n) is 2.73. The predicted molar refractivity (Wildman–Crippen MR) is 68.6 cm³/mol. The van der Waals surface area contributed by atoms with Crippen molar-refractivity contribution in [2.75, 3.05) is 19.8 Å². The molecule has 0 spiro atoms. The lowest BCUT2D eigenvalue weighted by Crippen LogP contribution is -2.41. The van der Waals surface area contributed by atoms with E-state index in [2.05, 4.69) is 0 Å². The van der Waals surface area contributed by atoms with Gasteiger partial charge < -0.3 is 5.11 Å². The summed E-state index contributed by atoms with van der Waals surface area (Å²) < 4.78 is 0. The summed E-state index contributed by atoms with van der Waals surface area (Å²) in [5, 5.41) is 9.91. The van der Waals surface area contributed by atoms with Gasteiger partial charge in [0.25, 0.3) is 11.8 Å². The molecule has 1 aromatic rings. The lowest BCUT2D eigenvalue weighted by Gasteiger charge is -2.23. The van der Waals surface area contributed by atoms with Gasteiger partial charge in [-0.1, -0.05) is 12.1 Å². The van der Waals surface area contributed by atoms with Crippen molar-refractivity contribution in [1.29, 1.82) is 0 Å². The summed E-state index contributed by atoms with van der Waals surface area (Å²) in [4.78, 5) is 27.5. The van der Waals surface area contributed by atoms with Gasteiger partial charge in [0.15, 0.2) is 0 Å². The second-order valence-corrected chi connectivity index (χ2v) is 5.52. The van der Waals surface area contributed by atoms with Crippen LogP contribution in [0.3, 0.4) is 0 Å². The molecule has 2 aliphatic rings. The zero-order chi connectivity index (χ0) is 13.6. The van der Waals surface area contributed by atoms with Gasteiger partial charge in [0.2, 0.25) is 0 Å². The molecule has 1 N–H and O–H groups in total. The minimum Gasteiger partial charge on any atom is -0.389 e. The highest BCUT2D eigenvalue weighted by Crippen LogP contribution is 2.25. The Morgan fingerprint density at radius 2 is 1.79 bits per heavy atom. The van der Waals surface area contributed by atoms with Crippen LogP contribution >= 0.6 is 0 Å². The molecule has 1 aromatic carbocycles. The average Bonchev–Trinajstić information content (AvgIpc) is 2.83. The van der Waals surface area contributed by atoms with Crippen molar-refractivity contribution >= 4 is 11.8 Å². The molecule has 2 amide bonds. The summed E-state index contributed by atoms with van der Waals surface area (Å²) in [6.07, 6.45) is 0.663. The van der Waals surface area contributed by atoms with E-state index in [0.717, 1.165) is 0 Å². The summed E-state index contributed by atoms with van der Waals surface area (Å²) in [7, 11) is 0. The molecule has 0 saturated carbocycles. The Morgan fingerprint density at radius 3 is 2.26 bits per heavy atom. The summed E-state index contributed by atoms with van der Waals surface area (Å²) in [5.74, 6) is -0.487. The largest absolute Gasteiger partial charge is 0.389 e. The first kappa shape index (κ1) is 12.3. The molecule has 0 bridgehead atoms. The van der Waals surface area contributed by atoms with Gasteiger partial charge >= 0.3 is 0 Å². The minimum absolute atomic E-state index is 0.243. The molecule has 0 aliphatic carbocycles. The van der Waals surface area contributed by atoms with Crippen LogP contribution in [-0.2, 0) is 0 Å². The Bertz CT molecular complexity index is 518. The maximum Gasteiger partial charge on any atom is 0.262 e. The number of carbonyl (C=O) groups excluding carboxylic acids is 2. The highest BCUT2D eigenvalue weighted by Gasteiger charge is 2.39. The predicted octanol–water partition coefficient (Wildman–Crippen LogP) is 0.697. The second kappa shape index (κ2) is 4.15. The number of carbonyl (C=O) groups is 2. The van der Waals surface area contributed by atoms with Crippen molar-refractivity contribution in [2.24, 2.45) is 0 Å². The molecule has 3 rings (SSSR count). The molecule has 5 nitrogen and oxygen atoms in total. The number of hydrogen-bond donors (Lipinski definition) is 1. The molecule has 19 heavy (non-hydrogen) atoms. The lowest BCUT2D eigenvalue weighted by atomic mass is 10.1. The van der Waals surface area contributed by atoms with Crippen LogP contribution in [0, 0.1) is 0 Å². The maximum absolute atomic E-state index is 12.2. The van der Waals surface area contributed by atoms with Crippen LogP contribution in [0.15, 0.2) is 24.3 Å². The molecule has 1 fully saturated rings. The number of aliphatic hydroxyl groups is 1.